The maximum absolute atomic E-state index is 12.9. The van der Waals surface area contributed by atoms with Gasteiger partial charge in [0.15, 0.2) is 0 Å². The molecule has 1 aromatic heterocycles. The molecular formula is C22H19ClN2O2S. The number of para-hydroxylation sites is 1. The van der Waals surface area contributed by atoms with Crippen LogP contribution in [0, 0.1) is 0 Å². The van der Waals surface area contributed by atoms with Crippen LogP contribution in [0.15, 0.2) is 59.6 Å². The molecule has 0 aliphatic carbocycles. The Hall–Kier alpha value is -2.50. The monoisotopic (exact) mass is 410 g/mol. The third-order valence-electron chi connectivity index (χ3n) is 4.77. The van der Waals surface area contributed by atoms with Crippen LogP contribution in [0.25, 0.3) is 17.0 Å². The molecule has 0 spiro atoms. The van der Waals surface area contributed by atoms with Crippen LogP contribution in [0.1, 0.15) is 31.0 Å². The van der Waals surface area contributed by atoms with Gasteiger partial charge in [-0.25, -0.2) is 0 Å². The molecule has 1 aliphatic rings. The summed E-state index contributed by atoms with van der Waals surface area (Å²) in [5.74, 6) is -0.281. The Morgan fingerprint density at radius 1 is 1.07 bits per heavy atom. The van der Waals surface area contributed by atoms with Crippen molar-refractivity contribution in [2.45, 2.75) is 26.4 Å². The van der Waals surface area contributed by atoms with Gasteiger partial charge in [0.25, 0.3) is 11.1 Å². The first-order valence-electron chi connectivity index (χ1n) is 9.04. The quantitative estimate of drug-likeness (QED) is 0.487. The zero-order chi connectivity index (χ0) is 19.8. The number of hydrogen-bond donors (Lipinski definition) is 0. The standard InChI is InChI=1S/C22H19ClN2O2S/c1-14(2)24-13-16(17-8-4-6-10-19(17)24)11-20-21(26)25(22(27)28-20)12-15-7-3-5-9-18(15)23/h3-11,13-14H,12H2,1-2H3/b20-11-. The number of benzene rings is 2. The van der Waals surface area contributed by atoms with Crippen LogP contribution in [0.3, 0.4) is 0 Å². The molecule has 2 heterocycles. The number of carbonyl (C=O) groups is 2. The van der Waals surface area contributed by atoms with Crippen LogP contribution in [-0.4, -0.2) is 20.6 Å². The van der Waals surface area contributed by atoms with Gasteiger partial charge in [0, 0.05) is 33.7 Å². The number of amides is 2. The van der Waals surface area contributed by atoms with Gasteiger partial charge >= 0.3 is 0 Å². The summed E-state index contributed by atoms with van der Waals surface area (Å²) in [5.41, 5.74) is 2.80. The van der Waals surface area contributed by atoms with Gasteiger partial charge < -0.3 is 4.57 Å². The van der Waals surface area contributed by atoms with E-state index in [9.17, 15) is 9.59 Å². The molecule has 142 valence electrons. The van der Waals surface area contributed by atoms with E-state index in [1.165, 1.54) is 4.90 Å². The molecule has 0 saturated carbocycles. The molecule has 0 radical (unpaired) electrons. The van der Waals surface area contributed by atoms with Crippen LogP contribution < -0.4 is 0 Å². The van der Waals surface area contributed by atoms with Crippen molar-refractivity contribution < 1.29 is 9.59 Å². The van der Waals surface area contributed by atoms with Gasteiger partial charge in [-0.3, -0.25) is 14.5 Å². The molecule has 1 saturated heterocycles. The van der Waals surface area contributed by atoms with Crippen LogP contribution >= 0.6 is 23.4 Å². The molecule has 0 unspecified atom stereocenters. The fourth-order valence-electron chi connectivity index (χ4n) is 3.35. The Morgan fingerprint density at radius 2 is 1.79 bits per heavy atom. The Morgan fingerprint density at radius 3 is 2.54 bits per heavy atom. The zero-order valence-corrected chi connectivity index (χ0v) is 17.1. The lowest BCUT2D eigenvalue weighted by molar-refractivity contribution is -0.123. The van der Waals surface area contributed by atoms with Gasteiger partial charge in [0.1, 0.15) is 0 Å². The van der Waals surface area contributed by atoms with Crippen molar-refractivity contribution >= 4 is 51.5 Å². The van der Waals surface area contributed by atoms with Crippen LogP contribution in [0.2, 0.25) is 5.02 Å². The van der Waals surface area contributed by atoms with Crippen molar-refractivity contribution in [2.75, 3.05) is 0 Å². The molecule has 4 nitrogen and oxygen atoms in total. The molecule has 0 atom stereocenters. The van der Waals surface area contributed by atoms with Crippen LogP contribution in [0.4, 0.5) is 4.79 Å². The highest BCUT2D eigenvalue weighted by molar-refractivity contribution is 8.18. The Labute approximate surface area is 172 Å². The van der Waals surface area contributed by atoms with Crippen molar-refractivity contribution in [3.63, 3.8) is 0 Å². The number of nitrogens with zero attached hydrogens (tertiary/aromatic N) is 2. The first kappa shape index (κ1) is 18.8. The van der Waals surface area contributed by atoms with Gasteiger partial charge in [0.05, 0.1) is 11.4 Å². The summed E-state index contributed by atoms with van der Waals surface area (Å²) >= 11 is 7.16. The molecule has 0 N–H and O–H groups in total. The number of thioether (sulfide) groups is 1. The highest BCUT2D eigenvalue weighted by Crippen LogP contribution is 2.36. The number of rotatable bonds is 4. The minimum absolute atomic E-state index is 0.176. The molecule has 2 aromatic carbocycles. The van der Waals surface area contributed by atoms with E-state index < -0.39 is 0 Å². The van der Waals surface area contributed by atoms with Crippen molar-refractivity contribution in [1.29, 1.82) is 0 Å². The molecular weight excluding hydrogens is 392 g/mol. The van der Waals surface area contributed by atoms with E-state index in [0.717, 1.165) is 33.8 Å². The number of fused-ring (bicyclic) bond motifs is 1. The summed E-state index contributed by atoms with van der Waals surface area (Å²) < 4.78 is 2.18. The average Bonchev–Trinajstić information content (AvgIpc) is 3.17. The summed E-state index contributed by atoms with van der Waals surface area (Å²) in [6, 6.07) is 15.6. The third-order valence-corrected chi connectivity index (χ3v) is 6.05. The number of hydrogen-bond acceptors (Lipinski definition) is 3. The van der Waals surface area contributed by atoms with Crippen molar-refractivity contribution in [3.05, 3.63) is 75.8 Å². The summed E-state index contributed by atoms with van der Waals surface area (Å²) in [6.45, 7) is 4.41. The third kappa shape index (κ3) is 3.36. The van der Waals surface area contributed by atoms with Gasteiger partial charge in [-0.15, -0.1) is 0 Å². The topological polar surface area (TPSA) is 42.3 Å². The molecule has 0 bridgehead atoms. The normalized spacial score (nSPS) is 16.1. The summed E-state index contributed by atoms with van der Waals surface area (Å²) in [5, 5.41) is 1.34. The SMILES string of the molecule is CC(C)n1cc(/C=C2\SC(=O)N(Cc3ccccc3Cl)C2=O)c2ccccc21. The van der Waals surface area contributed by atoms with E-state index >= 15 is 0 Å². The molecule has 6 heteroatoms. The lowest BCUT2D eigenvalue weighted by Gasteiger charge is -2.13. The van der Waals surface area contributed by atoms with Gasteiger partial charge in [-0.05, 0) is 49.4 Å². The maximum Gasteiger partial charge on any atom is 0.293 e. The lowest BCUT2D eigenvalue weighted by Crippen LogP contribution is -2.27. The van der Waals surface area contributed by atoms with E-state index in [1.807, 2.05) is 48.7 Å². The Bertz CT molecular complexity index is 1120. The van der Waals surface area contributed by atoms with Crippen molar-refractivity contribution in [1.82, 2.24) is 9.47 Å². The number of carbonyl (C=O) groups excluding carboxylic acids is 2. The summed E-state index contributed by atoms with van der Waals surface area (Å²) in [4.78, 5) is 27.0. The van der Waals surface area contributed by atoms with Crippen LogP contribution in [-0.2, 0) is 11.3 Å². The predicted molar refractivity (Wildman–Crippen MR) is 115 cm³/mol. The highest BCUT2D eigenvalue weighted by Gasteiger charge is 2.35. The number of aromatic nitrogens is 1. The van der Waals surface area contributed by atoms with E-state index in [1.54, 1.807) is 6.07 Å². The predicted octanol–water partition coefficient (Wildman–Crippen LogP) is 6.11. The van der Waals surface area contributed by atoms with E-state index in [0.29, 0.717) is 16.0 Å². The maximum atomic E-state index is 12.9. The van der Waals surface area contributed by atoms with E-state index in [-0.39, 0.29) is 17.7 Å². The Balaban J connectivity index is 1.68. The number of imide groups is 1. The second kappa shape index (κ2) is 7.49. The molecule has 3 aromatic rings. The minimum Gasteiger partial charge on any atom is -0.344 e. The first-order chi connectivity index (χ1) is 13.5. The lowest BCUT2D eigenvalue weighted by atomic mass is 10.1. The number of halogens is 1. The molecule has 1 fully saturated rings. The van der Waals surface area contributed by atoms with Gasteiger partial charge in [-0.2, -0.15) is 0 Å². The largest absolute Gasteiger partial charge is 0.344 e. The average molecular weight is 411 g/mol. The molecule has 1 aliphatic heterocycles. The van der Waals surface area contributed by atoms with E-state index in [4.69, 9.17) is 11.6 Å². The fourth-order valence-corrected chi connectivity index (χ4v) is 4.37. The molecule has 28 heavy (non-hydrogen) atoms. The first-order valence-corrected chi connectivity index (χ1v) is 10.2. The Kier molecular flexibility index (Phi) is 5.04. The van der Waals surface area contributed by atoms with Gasteiger partial charge in [0.2, 0.25) is 0 Å². The highest BCUT2D eigenvalue weighted by atomic mass is 35.5. The van der Waals surface area contributed by atoms with Crippen LogP contribution in [0.5, 0.6) is 0 Å². The smallest absolute Gasteiger partial charge is 0.293 e. The van der Waals surface area contributed by atoms with Crippen molar-refractivity contribution in [2.24, 2.45) is 0 Å². The van der Waals surface area contributed by atoms with Crippen molar-refractivity contribution in [3.8, 4) is 0 Å². The fraction of sp³-hybridized carbons (Fsp3) is 0.182. The molecule has 4 rings (SSSR count). The second-order valence-electron chi connectivity index (χ2n) is 6.96. The zero-order valence-electron chi connectivity index (χ0n) is 15.6. The van der Waals surface area contributed by atoms with Gasteiger partial charge in [-0.1, -0.05) is 48.0 Å². The molecule has 2 amide bonds. The summed E-state index contributed by atoms with van der Waals surface area (Å²) in [6.07, 6.45) is 3.86. The second-order valence-corrected chi connectivity index (χ2v) is 8.36. The van der Waals surface area contributed by atoms with E-state index in [2.05, 4.69) is 24.5 Å². The minimum atomic E-state index is -0.281. The summed E-state index contributed by atoms with van der Waals surface area (Å²) in [7, 11) is 0.